The Labute approximate surface area is 137 Å². The second-order valence-corrected chi connectivity index (χ2v) is 5.28. The van der Waals surface area contributed by atoms with E-state index < -0.39 is 4.92 Å². The van der Waals surface area contributed by atoms with Crippen molar-refractivity contribution in [3.8, 4) is 23.0 Å². The van der Waals surface area contributed by atoms with Crippen molar-refractivity contribution in [1.82, 2.24) is 0 Å². The van der Waals surface area contributed by atoms with Crippen LogP contribution < -0.4 is 14.2 Å². The van der Waals surface area contributed by atoms with Crippen molar-refractivity contribution in [1.29, 1.82) is 0 Å². The van der Waals surface area contributed by atoms with Gasteiger partial charge in [0, 0.05) is 18.1 Å². The van der Waals surface area contributed by atoms with Crippen LogP contribution in [-0.4, -0.2) is 24.9 Å². The van der Waals surface area contributed by atoms with Crippen LogP contribution in [0, 0.1) is 10.1 Å². The maximum atomic E-state index is 11.7. The first-order valence-electron chi connectivity index (χ1n) is 7.28. The minimum absolute atomic E-state index is 0.0434. The Hall–Kier alpha value is -3.09. The van der Waals surface area contributed by atoms with Crippen LogP contribution >= 0.6 is 0 Å². The molecule has 2 aromatic carbocycles. The molecule has 0 fully saturated rings. The molecule has 0 amide bonds. The number of ether oxygens (including phenoxy) is 3. The Balaban J connectivity index is 2.00. The predicted octanol–water partition coefficient (Wildman–Crippen LogP) is 3.53. The van der Waals surface area contributed by atoms with Gasteiger partial charge in [-0.1, -0.05) is 0 Å². The zero-order valence-electron chi connectivity index (χ0n) is 13.2. The molecular formula is C17H15NO6. The Morgan fingerprint density at radius 1 is 1.00 bits per heavy atom. The summed E-state index contributed by atoms with van der Waals surface area (Å²) in [6.45, 7) is 0. The first kappa shape index (κ1) is 15.8. The number of hydrogen-bond acceptors (Lipinski definition) is 6. The van der Waals surface area contributed by atoms with E-state index in [0.717, 1.165) is 5.56 Å². The van der Waals surface area contributed by atoms with Gasteiger partial charge in [0.1, 0.15) is 5.75 Å². The zero-order chi connectivity index (χ0) is 17.3. The molecule has 0 aliphatic heterocycles. The van der Waals surface area contributed by atoms with Gasteiger partial charge in [-0.15, -0.1) is 0 Å². The van der Waals surface area contributed by atoms with Gasteiger partial charge < -0.3 is 14.2 Å². The fraction of sp³-hybridized carbons (Fsp3) is 0.235. The van der Waals surface area contributed by atoms with Crippen molar-refractivity contribution < 1.29 is 23.9 Å². The van der Waals surface area contributed by atoms with Gasteiger partial charge in [0.15, 0.2) is 17.3 Å². The lowest BCUT2D eigenvalue weighted by atomic mass is 10.1. The molecule has 7 nitrogen and oxygen atoms in total. The van der Waals surface area contributed by atoms with Crippen LogP contribution in [0.1, 0.15) is 22.3 Å². The second kappa shape index (κ2) is 6.19. The molecule has 0 bridgehead atoms. The molecule has 0 saturated carbocycles. The largest absolute Gasteiger partial charge is 0.493 e. The van der Waals surface area contributed by atoms with E-state index >= 15 is 0 Å². The number of carbonyl (C=O) groups excluding carboxylic acids is 1. The van der Waals surface area contributed by atoms with Gasteiger partial charge >= 0.3 is 5.69 Å². The summed E-state index contributed by atoms with van der Waals surface area (Å²) in [5, 5.41) is 11.3. The highest BCUT2D eigenvalue weighted by Crippen LogP contribution is 2.41. The van der Waals surface area contributed by atoms with E-state index in [1.54, 1.807) is 18.2 Å². The monoisotopic (exact) mass is 329 g/mol. The normalized spacial score (nSPS) is 12.7. The van der Waals surface area contributed by atoms with Gasteiger partial charge in [-0.3, -0.25) is 14.9 Å². The third kappa shape index (κ3) is 2.76. The molecule has 0 N–H and O–H groups in total. The summed E-state index contributed by atoms with van der Waals surface area (Å²) in [7, 11) is 2.84. The van der Waals surface area contributed by atoms with Gasteiger partial charge in [0.2, 0.25) is 5.75 Å². The molecule has 2 aromatic rings. The highest BCUT2D eigenvalue weighted by atomic mass is 16.6. The Bertz CT molecular complexity index is 830. The molecule has 0 unspecified atom stereocenters. The van der Waals surface area contributed by atoms with Crippen molar-refractivity contribution in [2.24, 2.45) is 0 Å². The molecule has 24 heavy (non-hydrogen) atoms. The molecule has 0 spiro atoms. The summed E-state index contributed by atoms with van der Waals surface area (Å²) in [5.74, 6) is 1.15. The molecule has 0 heterocycles. The van der Waals surface area contributed by atoms with E-state index in [1.807, 2.05) is 0 Å². The number of fused-ring (bicyclic) bond motifs is 1. The van der Waals surface area contributed by atoms with Crippen LogP contribution in [0.4, 0.5) is 5.69 Å². The minimum Gasteiger partial charge on any atom is -0.493 e. The quantitative estimate of drug-likeness (QED) is 0.616. The number of nitro groups is 1. The van der Waals surface area contributed by atoms with Crippen molar-refractivity contribution in [3.05, 3.63) is 51.6 Å². The van der Waals surface area contributed by atoms with E-state index in [0.29, 0.717) is 29.9 Å². The van der Waals surface area contributed by atoms with Gasteiger partial charge in [0.05, 0.1) is 25.2 Å². The summed E-state index contributed by atoms with van der Waals surface area (Å²) >= 11 is 0. The first-order valence-corrected chi connectivity index (χ1v) is 7.28. The fourth-order valence-electron chi connectivity index (χ4n) is 2.70. The number of nitro benzene ring substituents is 1. The molecule has 0 aromatic heterocycles. The number of rotatable bonds is 5. The molecule has 0 saturated heterocycles. The third-order valence-electron chi connectivity index (χ3n) is 3.89. The van der Waals surface area contributed by atoms with Crippen molar-refractivity contribution in [2.45, 2.75) is 12.8 Å². The van der Waals surface area contributed by atoms with Gasteiger partial charge in [-0.2, -0.15) is 0 Å². The molecule has 0 atom stereocenters. The lowest BCUT2D eigenvalue weighted by Crippen LogP contribution is -1.98. The smallest absolute Gasteiger partial charge is 0.315 e. The van der Waals surface area contributed by atoms with Crippen molar-refractivity contribution >= 4 is 11.5 Å². The number of aryl methyl sites for hydroxylation is 1. The van der Waals surface area contributed by atoms with E-state index in [2.05, 4.69) is 0 Å². The van der Waals surface area contributed by atoms with E-state index in [-0.39, 0.29) is 23.0 Å². The number of nitrogens with zero attached hydrogens (tertiary/aromatic N) is 1. The van der Waals surface area contributed by atoms with Crippen LogP contribution in [-0.2, 0) is 6.42 Å². The predicted molar refractivity (Wildman–Crippen MR) is 85.4 cm³/mol. The van der Waals surface area contributed by atoms with Gasteiger partial charge in [0.25, 0.3) is 0 Å². The molecule has 1 aliphatic rings. The molecular weight excluding hydrogens is 314 g/mol. The lowest BCUT2D eigenvalue weighted by molar-refractivity contribution is -0.385. The average Bonchev–Trinajstić information content (AvgIpc) is 2.94. The summed E-state index contributed by atoms with van der Waals surface area (Å²) in [4.78, 5) is 22.4. The molecule has 3 rings (SSSR count). The second-order valence-electron chi connectivity index (χ2n) is 5.28. The van der Waals surface area contributed by atoms with Crippen molar-refractivity contribution in [3.63, 3.8) is 0 Å². The zero-order valence-corrected chi connectivity index (χ0v) is 13.2. The Morgan fingerprint density at radius 3 is 2.38 bits per heavy atom. The maximum absolute atomic E-state index is 11.7. The average molecular weight is 329 g/mol. The minimum atomic E-state index is -0.547. The Kier molecular flexibility index (Phi) is 4.07. The van der Waals surface area contributed by atoms with Crippen LogP contribution in [0.5, 0.6) is 23.0 Å². The Morgan fingerprint density at radius 2 is 1.71 bits per heavy atom. The topological polar surface area (TPSA) is 87.9 Å². The maximum Gasteiger partial charge on any atom is 0.315 e. The highest BCUT2D eigenvalue weighted by Gasteiger charge is 2.23. The summed E-state index contributed by atoms with van der Waals surface area (Å²) in [5.41, 5.74) is 1.34. The first-order chi connectivity index (χ1) is 11.5. The summed E-state index contributed by atoms with van der Waals surface area (Å²) < 4.78 is 15.9. The SMILES string of the molecule is COc1cc(Oc2ccc3c(c2)CCC3=O)c([N+](=O)[O-])cc1OC. The molecule has 7 heteroatoms. The van der Waals surface area contributed by atoms with E-state index in [1.165, 1.54) is 26.4 Å². The van der Waals surface area contributed by atoms with Crippen LogP contribution in [0.25, 0.3) is 0 Å². The van der Waals surface area contributed by atoms with Crippen LogP contribution in [0.15, 0.2) is 30.3 Å². The van der Waals surface area contributed by atoms with Crippen LogP contribution in [0.3, 0.4) is 0 Å². The van der Waals surface area contributed by atoms with Gasteiger partial charge in [-0.05, 0) is 30.2 Å². The molecule has 124 valence electrons. The van der Waals surface area contributed by atoms with Crippen LogP contribution in [0.2, 0.25) is 0 Å². The third-order valence-corrected chi connectivity index (χ3v) is 3.89. The summed E-state index contributed by atoms with van der Waals surface area (Å²) in [6, 6.07) is 7.72. The molecule has 1 aliphatic carbocycles. The number of carbonyl (C=O) groups is 1. The van der Waals surface area contributed by atoms with Gasteiger partial charge in [-0.25, -0.2) is 0 Å². The number of methoxy groups -OCH3 is 2. The standard InChI is InChI=1S/C17H15NO6/c1-22-16-8-13(18(20)21)15(9-17(16)23-2)24-11-4-5-12-10(7-11)3-6-14(12)19/h4-5,7-9H,3,6H2,1-2H3. The number of ketones is 1. The van der Waals surface area contributed by atoms with E-state index in [9.17, 15) is 14.9 Å². The highest BCUT2D eigenvalue weighted by molar-refractivity contribution is 6.00. The number of hydrogen-bond donors (Lipinski definition) is 0. The number of Topliss-reactive ketones (excluding diaryl/α,β-unsaturated/α-hetero) is 1. The molecule has 0 radical (unpaired) electrons. The lowest BCUT2D eigenvalue weighted by Gasteiger charge is -2.12. The summed E-state index contributed by atoms with van der Waals surface area (Å²) in [6.07, 6.45) is 1.13. The number of benzene rings is 2. The van der Waals surface area contributed by atoms with Crippen molar-refractivity contribution in [2.75, 3.05) is 14.2 Å². The fourth-order valence-corrected chi connectivity index (χ4v) is 2.70. The van der Waals surface area contributed by atoms with E-state index in [4.69, 9.17) is 14.2 Å².